The Morgan fingerprint density at radius 3 is 1.82 bits per heavy atom. The topological polar surface area (TPSA) is 20.2 Å². The number of nitrogens with one attached hydrogen (secondary N) is 1. The van der Waals surface area contributed by atoms with Gasteiger partial charge in [0, 0.05) is 50.3 Å². The molecule has 0 saturated heterocycles. The maximum Gasteiger partial charge on any atom is 0.0561 e. The Kier molecular flexibility index (Phi) is 7.14. The highest BCUT2D eigenvalue weighted by Gasteiger charge is 2.18. The molecule has 0 bridgehead atoms. The van der Waals surface area contributed by atoms with Gasteiger partial charge in [-0.15, -0.1) is 0 Å². The molecule has 0 aliphatic heterocycles. The molecule has 9 rings (SSSR count). The molecule has 0 fully saturated rings. The fraction of sp³-hybridized carbons (Fsp3) is 0. The van der Waals surface area contributed by atoms with Crippen molar-refractivity contribution in [2.75, 3.05) is 10.2 Å². The van der Waals surface area contributed by atoms with E-state index in [-0.39, 0.29) is 0 Å². The van der Waals surface area contributed by atoms with Crippen LogP contribution >= 0.6 is 0 Å². The van der Waals surface area contributed by atoms with Crippen LogP contribution in [-0.4, -0.2) is 4.57 Å². The van der Waals surface area contributed by atoms with E-state index in [0.717, 1.165) is 39.6 Å². The lowest BCUT2D eigenvalue weighted by Crippen LogP contribution is -2.10. The summed E-state index contributed by atoms with van der Waals surface area (Å²) in [6.07, 6.45) is 0. The number of nitrogens with zero attached hydrogens (tertiary/aromatic N) is 2. The molecular formula is C46H33N3. The van der Waals surface area contributed by atoms with Gasteiger partial charge in [0.25, 0.3) is 0 Å². The second-order valence-electron chi connectivity index (χ2n) is 12.3. The molecule has 0 unspecified atom stereocenters. The molecule has 0 atom stereocenters. The van der Waals surface area contributed by atoms with Crippen molar-refractivity contribution < 1.29 is 0 Å². The summed E-state index contributed by atoms with van der Waals surface area (Å²) in [5.41, 5.74) is 11.3. The van der Waals surface area contributed by atoms with E-state index in [1.807, 2.05) is 0 Å². The van der Waals surface area contributed by atoms with Gasteiger partial charge in [0.05, 0.1) is 11.0 Å². The van der Waals surface area contributed by atoms with E-state index < -0.39 is 0 Å². The van der Waals surface area contributed by atoms with E-state index in [4.69, 9.17) is 0 Å². The van der Waals surface area contributed by atoms with Gasteiger partial charge in [-0.2, -0.15) is 0 Å². The average Bonchev–Trinajstić information content (AvgIpc) is 3.49. The second-order valence-corrected chi connectivity index (χ2v) is 12.3. The van der Waals surface area contributed by atoms with E-state index in [1.165, 1.54) is 38.2 Å². The van der Waals surface area contributed by atoms with E-state index in [0.29, 0.717) is 0 Å². The highest BCUT2D eigenvalue weighted by atomic mass is 15.1. The quantitative estimate of drug-likeness (QED) is 0.190. The van der Waals surface area contributed by atoms with E-state index in [2.05, 4.69) is 209 Å². The van der Waals surface area contributed by atoms with E-state index in [9.17, 15) is 0 Å². The third kappa shape index (κ3) is 5.28. The normalized spacial score (nSPS) is 11.3. The average molecular weight is 628 g/mol. The van der Waals surface area contributed by atoms with Crippen LogP contribution in [-0.2, 0) is 0 Å². The molecule has 1 N–H and O–H groups in total. The number of hydrogen-bond donors (Lipinski definition) is 1. The number of hydrogen-bond acceptors (Lipinski definition) is 2. The molecule has 1 aromatic heterocycles. The molecule has 0 aliphatic carbocycles. The van der Waals surface area contributed by atoms with Crippen molar-refractivity contribution in [2.24, 2.45) is 0 Å². The number of para-hydroxylation sites is 2. The van der Waals surface area contributed by atoms with Crippen molar-refractivity contribution in [3.63, 3.8) is 0 Å². The Labute approximate surface area is 285 Å². The van der Waals surface area contributed by atoms with Crippen LogP contribution in [0.3, 0.4) is 0 Å². The third-order valence-corrected chi connectivity index (χ3v) is 9.34. The predicted octanol–water partition coefficient (Wildman–Crippen LogP) is 12.8. The zero-order valence-electron chi connectivity index (χ0n) is 26.9. The summed E-state index contributed by atoms with van der Waals surface area (Å²) in [6, 6.07) is 69.2. The summed E-state index contributed by atoms with van der Waals surface area (Å²) in [5.74, 6) is 0. The molecule has 232 valence electrons. The lowest BCUT2D eigenvalue weighted by Gasteiger charge is -2.26. The Hall–Kier alpha value is -6.58. The zero-order chi connectivity index (χ0) is 32.6. The van der Waals surface area contributed by atoms with Crippen molar-refractivity contribution in [2.45, 2.75) is 0 Å². The minimum absolute atomic E-state index is 1.06. The first-order chi connectivity index (χ1) is 24.3. The van der Waals surface area contributed by atoms with Gasteiger partial charge in [0.1, 0.15) is 0 Å². The van der Waals surface area contributed by atoms with Crippen LogP contribution in [0.5, 0.6) is 0 Å². The van der Waals surface area contributed by atoms with Gasteiger partial charge >= 0.3 is 0 Å². The van der Waals surface area contributed by atoms with Crippen molar-refractivity contribution in [1.29, 1.82) is 0 Å². The standard InChI is InChI=1S/C46H33N3/c1-4-13-33(14-5-1)34-23-26-39(27-24-34)48(37-17-6-2-7-18-37)40-28-29-42-43-31-36(47-44-22-12-16-35-15-10-11-21-41(35)44)25-30-45(43)49(46(42)32-40)38-19-8-3-9-20-38/h1-32,47H. The molecule has 3 nitrogen and oxygen atoms in total. The SMILES string of the molecule is c1ccc(-c2ccc(N(c3ccccc3)c3ccc4c5cc(Nc6cccc7ccccc67)ccc5n(-c5ccccc5)c4c3)cc2)cc1. The van der Waals surface area contributed by atoms with Crippen molar-refractivity contribution in [3.05, 3.63) is 194 Å². The van der Waals surface area contributed by atoms with Crippen LogP contribution in [0, 0.1) is 0 Å². The molecular weight excluding hydrogens is 595 g/mol. The van der Waals surface area contributed by atoms with Crippen molar-refractivity contribution in [3.8, 4) is 16.8 Å². The molecule has 3 heteroatoms. The van der Waals surface area contributed by atoms with Gasteiger partial charge in [0.2, 0.25) is 0 Å². The predicted molar refractivity (Wildman–Crippen MR) is 208 cm³/mol. The van der Waals surface area contributed by atoms with Crippen LogP contribution in [0.1, 0.15) is 0 Å². The first-order valence-corrected chi connectivity index (χ1v) is 16.7. The van der Waals surface area contributed by atoms with E-state index >= 15 is 0 Å². The Bertz CT molecular complexity index is 2550. The van der Waals surface area contributed by atoms with Gasteiger partial charge in [-0.05, 0) is 89.3 Å². The summed E-state index contributed by atoms with van der Waals surface area (Å²) in [6.45, 7) is 0. The fourth-order valence-electron chi connectivity index (χ4n) is 7.03. The molecule has 9 aromatic rings. The fourth-order valence-corrected chi connectivity index (χ4v) is 7.03. The minimum Gasteiger partial charge on any atom is -0.355 e. The number of fused-ring (bicyclic) bond motifs is 4. The van der Waals surface area contributed by atoms with Crippen molar-refractivity contribution >= 4 is 61.0 Å². The molecule has 0 saturated carbocycles. The molecule has 8 aromatic carbocycles. The smallest absolute Gasteiger partial charge is 0.0561 e. The first kappa shape index (κ1) is 28.6. The molecule has 0 aliphatic rings. The van der Waals surface area contributed by atoms with Gasteiger partial charge in [0.15, 0.2) is 0 Å². The first-order valence-electron chi connectivity index (χ1n) is 16.7. The number of rotatable bonds is 7. The number of benzene rings is 8. The highest BCUT2D eigenvalue weighted by molar-refractivity contribution is 6.11. The Morgan fingerprint density at radius 2 is 1.02 bits per heavy atom. The summed E-state index contributed by atoms with van der Waals surface area (Å²) in [4.78, 5) is 2.34. The Morgan fingerprint density at radius 1 is 0.388 bits per heavy atom. The van der Waals surface area contributed by atoms with Crippen LogP contribution < -0.4 is 10.2 Å². The summed E-state index contributed by atoms with van der Waals surface area (Å²) >= 11 is 0. The van der Waals surface area contributed by atoms with Gasteiger partial charge < -0.3 is 14.8 Å². The molecule has 0 radical (unpaired) electrons. The van der Waals surface area contributed by atoms with Crippen LogP contribution in [0.15, 0.2) is 194 Å². The van der Waals surface area contributed by atoms with Crippen LogP contribution in [0.2, 0.25) is 0 Å². The summed E-state index contributed by atoms with van der Waals surface area (Å²) in [5, 5.41) is 8.56. The maximum absolute atomic E-state index is 3.72. The molecule has 0 spiro atoms. The summed E-state index contributed by atoms with van der Waals surface area (Å²) in [7, 11) is 0. The van der Waals surface area contributed by atoms with Gasteiger partial charge in [-0.3, -0.25) is 0 Å². The molecule has 49 heavy (non-hydrogen) atoms. The van der Waals surface area contributed by atoms with E-state index in [1.54, 1.807) is 0 Å². The highest BCUT2D eigenvalue weighted by Crippen LogP contribution is 2.41. The van der Waals surface area contributed by atoms with Crippen molar-refractivity contribution in [1.82, 2.24) is 4.57 Å². The molecule has 1 heterocycles. The largest absolute Gasteiger partial charge is 0.355 e. The lowest BCUT2D eigenvalue weighted by molar-refractivity contribution is 1.18. The second kappa shape index (κ2) is 12.2. The van der Waals surface area contributed by atoms with Crippen LogP contribution in [0.25, 0.3) is 49.4 Å². The van der Waals surface area contributed by atoms with Crippen LogP contribution in [0.4, 0.5) is 28.4 Å². The zero-order valence-corrected chi connectivity index (χ0v) is 26.9. The third-order valence-electron chi connectivity index (χ3n) is 9.34. The monoisotopic (exact) mass is 627 g/mol. The van der Waals surface area contributed by atoms with Gasteiger partial charge in [-0.25, -0.2) is 0 Å². The lowest BCUT2D eigenvalue weighted by atomic mass is 10.0. The molecule has 0 amide bonds. The maximum atomic E-state index is 3.72. The number of anilines is 5. The van der Waals surface area contributed by atoms with Gasteiger partial charge in [-0.1, -0.05) is 121 Å². The number of aromatic nitrogens is 1. The minimum atomic E-state index is 1.06. The Balaban J connectivity index is 1.20. The summed E-state index contributed by atoms with van der Waals surface area (Å²) < 4.78 is 2.39.